The molecule has 2 N–H and O–H groups in total. The van der Waals surface area contributed by atoms with E-state index >= 15 is 0 Å². The second-order valence-electron chi connectivity index (χ2n) is 6.08. The van der Waals surface area contributed by atoms with Crippen LogP contribution in [0.5, 0.6) is 11.6 Å². The molecular formula is C21H19F3N4O. The van der Waals surface area contributed by atoms with Crippen LogP contribution in [-0.2, 0) is 13.1 Å². The van der Waals surface area contributed by atoms with E-state index < -0.39 is 11.6 Å². The Morgan fingerprint density at radius 1 is 0.966 bits per heavy atom. The molecule has 0 aliphatic rings. The number of rotatable bonds is 6. The third-order valence-electron chi connectivity index (χ3n) is 3.95. The van der Waals surface area contributed by atoms with E-state index in [-0.39, 0.29) is 17.9 Å². The molecule has 3 aromatic rings. The third kappa shape index (κ3) is 5.97. The number of nitrogens with one attached hydrogen (secondary N) is 2. The Bertz CT molecular complexity index is 993. The maximum absolute atomic E-state index is 13.7. The molecule has 0 fully saturated rings. The fraction of sp³-hybridized carbons (Fsp3) is 0.143. The highest BCUT2D eigenvalue weighted by Crippen LogP contribution is 2.20. The Labute approximate surface area is 166 Å². The molecule has 0 atom stereocenters. The lowest BCUT2D eigenvalue weighted by Gasteiger charge is -2.12. The number of hydrogen-bond donors (Lipinski definition) is 2. The summed E-state index contributed by atoms with van der Waals surface area (Å²) >= 11 is 0. The molecule has 0 bridgehead atoms. The van der Waals surface area contributed by atoms with Crippen LogP contribution in [0.3, 0.4) is 0 Å². The number of aliphatic imine (C=N–C) groups is 1. The highest BCUT2D eigenvalue weighted by molar-refractivity contribution is 5.79. The summed E-state index contributed by atoms with van der Waals surface area (Å²) in [7, 11) is 1.57. The van der Waals surface area contributed by atoms with Gasteiger partial charge < -0.3 is 15.4 Å². The second kappa shape index (κ2) is 9.59. The maximum atomic E-state index is 13.7. The molecule has 8 heteroatoms. The van der Waals surface area contributed by atoms with Crippen molar-refractivity contribution in [2.24, 2.45) is 4.99 Å². The van der Waals surface area contributed by atoms with E-state index in [9.17, 15) is 13.2 Å². The van der Waals surface area contributed by atoms with Gasteiger partial charge in [0.05, 0.1) is 0 Å². The summed E-state index contributed by atoms with van der Waals surface area (Å²) in [4.78, 5) is 8.24. The van der Waals surface area contributed by atoms with Crippen molar-refractivity contribution in [3.63, 3.8) is 0 Å². The van der Waals surface area contributed by atoms with Crippen molar-refractivity contribution in [1.29, 1.82) is 0 Å². The molecule has 1 heterocycles. The smallest absolute Gasteiger partial charge is 0.219 e. The average molecular weight is 400 g/mol. The summed E-state index contributed by atoms with van der Waals surface area (Å²) in [6.07, 6.45) is 1.61. The van der Waals surface area contributed by atoms with Gasteiger partial charge in [-0.3, -0.25) is 4.99 Å². The Balaban J connectivity index is 1.52. The van der Waals surface area contributed by atoms with E-state index in [2.05, 4.69) is 20.6 Å². The molecule has 2 aromatic carbocycles. The van der Waals surface area contributed by atoms with E-state index in [0.717, 1.165) is 23.8 Å². The van der Waals surface area contributed by atoms with Crippen molar-refractivity contribution in [3.05, 3.63) is 89.4 Å². The zero-order chi connectivity index (χ0) is 20.6. The lowest BCUT2D eigenvalue weighted by Crippen LogP contribution is -2.36. The van der Waals surface area contributed by atoms with Crippen molar-refractivity contribution in [2.45, 2.75) is 13.1 Å². The predicted octanol–water partition coefficient (Wildman–Crippen LogP) is 4.16. The zero-order valence-electron chi connectivity index (χ0n) is 15.6. The molecule has 0 aliphatic carbocycles. The summed E-state index contributed by atoms with van der Waals surface area (Å²) in [6, 6.07) is 12.6. The van der Waals surface area contributed by atoms with Gasteiger partial charge in [0.2, 0.25) is 5.88 Å². The number of guanidine groups is 1. The number of hydrogen-bond acceptors (Lipinski definition) is 3. The van der Waals surface area contributed by atoms with Crippen molar-refractivity contribution in [1.82, 2.24) is 15.6 Å². The Kier molecular flexibility index (Phi) is 6.67. The Hall–Kier alpha value is -3.55. The van der Waals surface area contributed by atoms with Crippen LogP contribution in [0, 0.1) is 17.5 Å². The monoisotopic (exact) mass is 400 g/mol. The predicted molar refractivity (Wildman–Crippen MR) is 104 cm³/mol. The first-order valence-corrected chi connectivity index (χ1v) is 8.80. The van der Waals surface area contributed by atoms with Crippen LogP contribution in [0.25, 0.3) is 0 Å². The Morgan fingerprint density at radius 2 is 1.76 bits per heavy atom. The number of pyridine rings is 1. The number of aromatic nitrogens is 1. The normalized spacial score (nSPS) is 11.2. The Morgan fingerprint density at radius 3 is 2.48 bits per heavy atom. The quantitative estimate of drug-likeness (QED) is 0.482. The van der Waals surface area contributed by atoms with E-state index in [0.29, 0.717) is 24.1 Å². The minimum Gasteiger partial charge on any atom is -0.439 e. The topological polar surface area (TPSA) is 58.5 Å². The molecule has 5 nitrogen and oxygen atoms in total. The highest BCUT2D eigenvalue weighted by Gasteiger charge is 2.06. The second-order valence-corrected chi connectivity index (χ2v) is 6.08. The van der Waals surface area contributed by atoms with Crippen LogP contribution < -0.4 is 15.4 Å². The molecular weight excluding hydrogens is 381 g/mol. The van der Waals surface area contributed by atoms with Gasteiger partial charge in [0.25, 0.3) is 0 Å². The first-order valence-electron chi connectivity index (χ1n) is 8.80. The van der Waals surface area contributed by atoms with Crippen LogP contribution >= 0.6 is 0 Å². The van der Waals surface area contributed by atoms with Crippen LogP contribution in [-0.4, -0.2) is 18.0 Å². The first kappa shape index (κ1) is 20.2. The molecule has 0 radical (unpaired) electrons. The largest absolute Gasteiger partial charge is 0.439 e. The van der Waals surface area contributed by atoms with Gasteiger partial charge >= 0.3 is 0 Å². The molecule has 0 saturated carbocycles. The summed E-state index contributed by atoms with van der Waals surface area (Å²) in [6.45, 7) is 0.487. The van der Waals surface area contributed by atoms with E-state index in [4.69, 9.17) is 4.74 Å². The van der Waals surface area contributed by atoms with Gasteiger partial charge in [-0.1, -0.05) is 12.1 Å². The lowest BCUT2D eigenvalue weighted by molar-refractivity contribution is 0.457. The maximum Gasteiger partial charge on any atom is 0.219 e. The van der Waals surface area contributed by atoms with Crippen molar-refractivity contribution in [2.75, 3.05) is 7.05 Å². The molecule has 0 spiro atoms. The fourth-order valence-corrected chi connectivity index (χ4v) is 2.49. The summed E-state index contributed by atoms with van der Waals surface area (Å²) in [5.41, 5.74) is 1.05. The van der Waals surface area contributed by atoms with Gasteiger partial charge in [-0.2, -0.15) is 0 Å². The summed E-state index contributed by atoms with van der Waals surface area (Å²) < 4.78 is 45.6. The molecule has 1 aromatic heterocycles. The standard InChI is InChI=1S/C21H19F3N4O/c1-25-21(28-13-15-9-17(23)6-7-19(15)24)27-12-14-5-8-20(26-11-14)29-18-4-2-3-16(22)10-18/h2-11H,12-13H2,1H3,(H2,25,27,28). The fourth-order valence-electron chi connectivity index (χ4n) is 2.49. The number of ether oxygens (including phenoxy) is 1. The number of halogens is 3. The number of nitrogens with zero attached hydrogens (tertiary/aromatic N) is 2. The summed E-state index contributed by atoms with van der Waals surface area (Å²) in [5.74, 6) is -0.264. The molecule has 0 amide bonds. The van der Waals surface area contributed by atoms with Gasteiger partial charge in [0.15, 0.2) is 5.96 Å². The van der Waals surface area contributed by atoms with Crippen molar-refractivity contribution >= 4 is 5.96 Å². The van der Waals surface area contributed by atoms with Crippen LogP contribution in [0.4, 0.5) is 13.2 Å². The molecule has 0 aliphatic heterocycles. The lowest BCUT2D eigenvalue weighted by atomic mass is 10.2. The van der Waals surface area contributed by atoms with Gasteiger partial charge in [-0.15, -0.1) is 0 Å². The van der Waals surface area contributed by atoms with Crippen LogP contribution in [0.2, 0.25) is 0 Å². The third-order valence-corrected chi connectivity index (χ3v) is 3.95. The van der Waals surface area contributed by atoms with Crippen LogP contribution in [0.1, 0.15) is 11.1 Å². The van der Waals surface area contributed by atoms with Gasteiger partial charge in [0, 0.05) is 44.0 Å². The number of benzene rings is 2. The van der Waals surface area contributed by atoms with Crippen molar-refractivity contribution < 1.29 is 17.9 Å². The van der Waals surface area contributed by atoms with E-state index in [1.807, 2.05) is 0 Å². The van der Waals surface area contributed by atoms with E-state index in [1.165, 1.54) is 12.1 Å². The minimum atomic E-state index is -0.502. The van der Waals surface area contributed by atoms with E-state index in [1.54, 1.807) is 37.5 Å². The first-order chi connectivity index (χ1) is 14.0. The molecule has 0 saturated heterocycles. The SMILES string of the molecule is CN=C(NCc1ccc(Oc2cccc(F)c2)nc1)NCc1cc(F)ccc1F. The molecule has 150 valence electrons. The zero-order valence-corrected chi connectivity index (χ0v) is 15.6. The summed E-state index contributed by atoms with van der Waals surface area (Å²) in [5, 5.41) is 5.98. The molecule has 3 rings (SSSR count). The van der Waals surface area contributed by atoms with Gasteiger partial charge in [0.1, 0.15) is 23.2 Å². The minimum absolute atomic E-state index is 0.0852. The van der Waals surface area contributed by atoms with Gasteiger partial charge in [-0.25, -0.2) is 18.2 Å². The molecule has 29 heavy (non-hydrogen) atoms. The molecule has 0 unspecified atom stereocenters. The van der Waals surface area contributed by atoms with Crippen LogP contribution in [0.15, 0.2) is 65.8 Å². The van der Waals surface area contributed by atoms with Gasteiger partial charge in [-0.05, 0) is 35.9 Å². The van der Waals surface area contributed by atoms with Crippen molar-refractivity contribution in [3.8, 4) is 11.6 Å². The highest BCUT2D eigenvalue weighted by atomic mass is 19.1. The average Bonchev–Trinajstić information content (AvgIpc) is 2.71.